The van der Waals surface area contributed by atoms with Gasteiger partial charge in [0.2, 0.25) is 0 Å². The molecule has 0 fully saturated rings. The zero-order chi connectivity index (χ0) is 12.2. The lowest BCUT2D eigenvalue weighted by atomic mass is 9.97. The molecule has 0 radical (unpaired) electrons. The van der Waals surface area contributed by atoms with Gasteiger partial charge in [-0.05, 0) is 20.3 Å². The van der Waals surface area contributed by atoms with Crippen molar-refractivity contribution in [3.8, 4) is 0 Å². The molecule has 0 N–H and O–H groups in total. The maximum Gasteiger partial charge on any atom is 0.184 e. The van der Waals surface area contributed by atoms with Crippen LogP contribution >= 0.6 is 0 Å². The Balaban J connectivity index is 2.38. The van der Waals surface area contributed by atoms with E-state index in [4.69, 9.17) is 8.83 Å². The standard InChI is InChI=1S/C13H12O4/c1-6(14)10-7(2)16-13-11-8(15)4-3-5-9(11)17-12(10)13/h3-5H2,1-2H3. The molecule has 0 unspecified atom stereocenters. The fourth-order valence-electron chi connectivity index (χ4n) is 2.49. The van der Waals surface area contributed by atoms with Crippen LogP contribution < -0.4 is 0 Å². The van der Waals surface area contributed by atoms with Crippen molar-refractivity contribution >= 4 is 22.7 Å². The number of aryl methyl sites for hydroxylation is 2. The molecule has 17 heavy (non-hydrogen) atoms. The Morgan fingerprint density at radius 3 is 2.65 bits per heavy atom. The molecule has 0 spiro atoms. The molecule has 4 heteroatoms. The summed E-state index contributed by atoms with van der Waals surface area (Å²) in [6, 6.07) is 0. The third-order valence-electron chi connectivity index (χ3n) is 3.21. The molecule has 0 atom stereocenters. The normalized spacial score (nSPS) is 15.3. The second kappa shape index (κ2) is 3.32. The Kier molecular flexibility index (Phi) is 2.02. The molecular formula is C13H12O4. The largest absolute Gasteiger partial charge is 0.456 e. The minimum absolute atomic E-state index is 0.0499. The van der Waals surface area contributed by atoms with E-state index in [0.717, 1.165) is 12.8 Å². The van der Waals surface area contributed by atoms with E-state index in [1.165, 1.54) is 6.92 Å². The van der Waals surface area contributed by atoms with Gasteiger partial charge in [0.05, 0.1) is 0 Å². The van der Waals surface area contributed by atoms with E-state index in [1.54, 1.807) is 6.92 Å². The van der Waals surface area contributed by atoms with Crippen LogP contribution in [0.4, 0.5) is 0 Å². The summed E-state index contributed by atoms with van der Waals surface area (Å²) in [5.41, 5.74) is 1.90. The number of hydrogen-bond donors (Lipinski definition) is 0. The summed E-state index contributed by atoms with van der Waals surface area (Å²) >= 11 is 0. The summed E-state index contributed by atoms with van der Waals surface area (Å²) in [6.07, 6.45) is 2.06. The first-order valence-electron chi connectivity index (χ1n) is 5.68. The number of ketones is 2. The molecule has 1 aliphatic carbocycles. The van der Waals surface area contributed by atoms with E-state index in [1.807, 2.05) is 0 Å². The van der Waals surface area contributed by atoms with Crippen molar-refractivity contribution in [3.63, 3.8) is 0 Å². The molecule has 2 aromatic rings. The van der Waals surface area contributed by atoms with Crippen molar-refractivity contribution in [1.29, 1.82) is 0 Å². The van der Waals surface area contributed by atoms with Crippen LogP contribution in [0.2, 0.25) is 0 Å². The summed E-state index contributed by atoms with van der Waals surface area (Å²) in [4.78, 5) is 23.4. The van der Waals surface area contributed by atoms with E-state index in [9.17, 15) is 9.59 Å². The monoisotopic (exact) mass is 232 g/mol. The van der Waals surface area contributed by atoms with Gasteiger partial charge in [0.15, 0.2) is 22.7 Å². The van der Waals surface area contributed by atoms with Crippen LogP contribution in [-0.4, -0.2) is 11.6 Å². The second-order valence-corrected chi connectivity index (χ2v) is 4.42. The first-order chi connectivity index (χ1) is 8.09. The van der Waals surface area contributed by atoms with Crippen LogP contribution in [0.3, 0.4) is 0 Å². The minimum Gasteiger partial charge on any atom is -0.456 e. The molecule has 0 saturated carbocycles. The zero-order valence-electron chi connectivity index (χ0n) is 9.75. The molecule has 2 heterocycles. The van der Waals surface area contributed by atoms with Crippen molar-refractivity contribution in [3.05, 3.63) is 22.6 Å². The highest BCUT2D eigenvalue weighted by molar-refractivity contribution is 6.12. The molecule has 0 aromatic carbocycles. The summed E-state index contributed by atoms with van der Waals surface area (Å²) in [5.74, 6) is 1.14. The Labute approximate surface area is 97.6 Å². The maximum absolute atomic E-state index is 11.8. The van der Waals surface area contributed by atoms with Crippen LogP contribution in [0.5, 0.6) is 0 Å². The van der Waals surface area contributed by atoms with E-state index in [2.05, 4.69) is 0 Å². The van der Waals surface area contributed by atoms with Crippen LogP contribution in [0.25, 0.3) is 11.2 Å². The van der Waals surface area contributed by atoms with Gasteiger partial charge in [-0.2, -0.15) is 0 Å². The Bertz CT molecular complexity index is 642. The first-order valence-corrected chi connectivity index (χ1v) is 5.68. The number of furan rings is 2. The average Bonchev–Trinajstić information content (AvgIpc) is 2.71. The van der Waals surface area contributed by atoms with Crippen LogP contribution in [-0.2, 0) is 6.42 Å². The van der Waals surface area contributed by atoms with Crippen LogP contribution in [0.15, 0.2) is 8.83 Å². The van der Waals surface area contributed by atoms with Gasteiger partial charge in [-0.3, -0.25) is 9.59 Å². The van der Waals surface area contributed by atoms with Gasteiger partial charge < -0.3 is 8.83 Å². The van der Waals surface area contributed by atoms with Gasteiger partial charge >= 0.3 is 0 Å². The summed E-state index contributed by atoms with van der Waals surface area (Å²) in [6.45, 7) is 3.19. The molecule has 4 nitrogen and oxygen atoms in total. The molecule has 0 saturated heterocycles. The topological polar surface area (TPSA) is 60.4 Å². The molecule has 2 aromatic heterocycles. The highest BCUT2D eigenvalue weighted by atomic mass is 16.4. The van der Waals surface area contributed by atoms with Gasteiger partial charge in [-0.1, -0.05) is 0 Å². The predicted molar refractivity (Wildman–Crippen MR) is 60.5 cm³/mol. The fraction of sp³-hybridized carbons (Fsp3) is 0.385. The van der Waals surface area contributed by atoms with Gasteiger partial charge in [0.1, 0.15) is 22.6 Å². The Morgan fingerprint density at radius 1 is 1.18 bits per heavy atom. The van der Waals surface area contributed by atoms with E-state index in [0.29, 0.717) is 40.2 Å². The highest BCUT2D eigenvalue weighted by Crippen LogP contribution is 2.36. The van der Waals surface area contributed by atoms with Crippen molar-refractivity contribution in [1.82, 2.24) is 0 Å². The maximum atomic E-state index is 11.8. The number of hydrogen-bond acceptors (Lipinski definition) is 4. The van der Waals surface area contributed by atoms with Crippen molar-refractivity contribution in [2.24, 2.45) is 0 Å². The van der Waals surface area contributed by atoms with Gasteiger partial charge in [-0.25, -0.2) is 0 Å². The highest BCUT2D eigenvalue weighted by Gasteiger charge is 2.30. The minimum atomic E-state index is -0.0974. The number of Topliss-reactive ketones (excluding diaryl/α,β-unsaturated/α-hetero) is 2. The van der Waals surface area contributed by atoms with Gasteiger partial charge in [-0.15, -0.1) is 0 Å². The summed E-state index contributed by atoms with van der Waals surface area (Å²) in [5, 5.41) is 0. The molecular weight excluding hydrogens is 220 g/mol. The quantitative estimate of drug-likeness (QED) is 0.709. The molecule has 0 aliphatic heterocycles. The van der Waals surface area contributed by atoms with Gasteiger partial charge in [0, 0.05) is 12.8 Å². The predicted octanol–water partition coefficient (Wildman–Crippen LogP) is 3.06. The Hall–Kier alpha value is -1.84. The summed E-state index contributed by atoms with van der Waals surface area (Å²) in [7, 11) is 0. The lowest BCUT2D eigenvalue weighted by molar-refractivity contribution is 0.0969. The molecule has 0 amide bonds. The van der Waals surface area contributed by atoms with Crippen molar-refractivity contribution < 1.29 is 18.4 Å². The number of carbonyl (C=O) groups excluding carboxylic acids is 2. The van der Waals surface area contributed by atoms with E-state index >= 15 is 0 Å². The smallest absolute Gasteiger partial charge is 0.184 e. The number of rotatable bonds is 1. The zero-order valence-corrected chi connectivity index (χ0v) is 9.75. The first kappa shape index (κ1) is 10.3. The van der Waals surface area contributed by atoms with Crippen molar-refractivity contribution in [2.75, 3.05) is 0 Å². The SMILES string of the molecule is CC(=O)c1c(C)oc2c3c(oc12)CCCC3=O. The van der Waals surface area contributed by atoms with Crippen LogP contribution in [0.1, 0.15) is 52.0 Å². The molecule has 88 valence electrons. The Morgan fingerprint density at radius 2 is 1.94 bits per heavy atom. The third-order valence-corrected chi connectivity index (χ3v) is 3.21. The van der Waals surface area contributed by atoms with E-state index < -0.39 is 0 Å². The molecule has 3 rings (SSSR count). The molecule has 1 aliphatic rings. The second-order valence-electron chi connectivity index (χ2n) is 4.42. The molecule has 0 bridgehead atoms. The fourth-order valence-corrected chi connectivity index (χ4v) is 2.49. The lowest BCUT2D eigenvalue weighted by Gasteiger charge is -2.06. The van der Waals surface area contributed by atoms with Crippen LogP contribution in [0, 0.1) is 6.92 Å². The average molecular weight is 232 g/mol. The third kappa shape index (κ3) is 1.30. The lowest BCUT2D eigenvalue weighted by Crippen LogP contribution is -2.07. The number of fused-ring (bicyclic) bond motifs is 3. The number of carbonyl (C=O) groups is 2. The van der Waals surface area contributed by atoms with Crippen molar-refractivity contribution in [2.45, 2.75) is 33.1 Å². The van der Waals surface area contributed by atoms with Gasteiger partial charge in [0.25, 0.3) is 0 Å². The van der Waals surface area contributed by atoms with E-state index in [-0.39, 0.29) is 11.6 Å². The summed E-state index contributed by atoms with van der Waals surface area (Å²) < 4.78 is 11.2.